The van der Waals surface area contributed by atoms with Crippen molar-refractivity contribution in [2.24, 2.45) is 0 Å². The number of anilines is 1. The van der Waals surface area contributed by atoms with Crippen LogP contribution in [0.4, 0.5) is 18.9 Å². The zero-order chi connectivity index (χ0) is 22.2. The summed E-state index contributed by atoms with van der Waals surface area (Å²) in [6.45, 7) is 7.38. The molecule has 1 aliphatic heterocycles. The first-order valence-corrected chi connectivity index (χ1v) is 9.49. The molecule has 6 nitrogen and oxygen atoms in total. The van der Waals surface area contributed by atoms with E-state index in [-0.39, 0.29) is 42.1 Å². The minimum Gasteiger partial charge on any atom is -0.466 e. The number of aryl methyl sites for hydroxylation is 2. The van der Waals surface area contributed by atoms with E-state index in [4.69, 9.17) is 9.15 Å². The molecule has 1 N–H and O–H groups in total. The molecule has 0 aliphatic carbocycles. The second kappa shape index (κ2) is 8.14. The Hall–Kier alpha value is -2.81. The number of carbonyl (C=O) groups excluding carboxylic acids is 2. The molecule has 0 spiro atoms. The van der Waals surface area contributed by atoms with E-state index < -0.39 is 23.6 Å². The van der Waals surface area contributed by atoms with Crippen molar-refractivity contribution in [1.82, 2.24) is 4.90 Å². The van der Waals surface area contributed by atoms with E-state index in [1.54, 1.807) is 27.7 Å². The molecule has 3 rings (SSSR count). The standard InChI is InChI=1S/C21H23F3N2O4/c1-11-5-18(14(4)30-11)19(27)25-17-7-15(6-16(8-17)21(22,23)24)20(28)26-9-12(2)29-13(3)10-26/h5-8,12-13H,9-10H2,1-4H3,(H,25,27)/t12-,13+. The van der Waals surface area contributed by atoms with Gasteiger partial charge in [-0.1, -0.05) is 0 Å². The minimum absolute atomic E-state index is 0.120. The molecule has 9 heteroatoms. The molecular weight excluding hydrogens is 401 g/mol. The third-order valence-electron chi connectivity index (χ3n) is 4.76. The number of halogens is 3. The van der Waals surface area contributed by atoms with Gasteiger partial charge in [0.1, 0.15) is 11.5 Å². The number of alkyl halides is 3. The van der Waals surface area contributed by atoms with Crippen molar-refractivity contribution < 1.29 is 31.9 Å². The highest BCUT2D eigenvalue weighted by Crippen LogP contribution is 2.33. The Balaban J connectivity index is 1.93. The van der Waals surface area contributed by atoms with Crippen LogP contribution in [0.1, 0.15) is 51.6 Å². The van der Waals surface area contributed by atoms with Crippen LogP contribution < -0.4 is 5.32 Å². The van der Waals surface area contributed by atoms with E-state index in [0.717, 1.165) is 12.1 Å². The van der Waals surface area contributed by atoms with Gasteiger partial charge in [0, 0.05) is 24.3 Å². The number of ether oxygens (including phenoxy) is 1. The molecule has 0 saturated carbocycles. The summed E-state index contributed by atoms with van der Waals surface area (Å²) in [5.41, 5.74) is -1.07. The lowest BCUT2D eigenvalue weighted by molar-refractivity contribution is -0.137. The first kappa shape index (κ1) is 21.9. The first-order chi connectivity index (χ1) is 13.9. The molecule has 2 atom stereocenters. The minimum atomic E-state index is -4.68. The number of benzene rings is 1. The Morgan fingerprint density at radius 1 is 1.07 bits per heavy atom. The van der Waals surface area contributed by atoms with Gasteiger partial charge < -0.3 is 19.4 Å². The number of carbonyl (C=O) groups is 2. The van der Waals surface area contributed by atoms with Crippen LogP contribution in [0.15, 0.2) is 28.7 Å². The van der Waals surface area contributed by atoms with Gasteiger partial charge >= 0.3 is 6.18 Å². The second-order valence-corrected chi connectivity index (χ2v) is 7.55. The maximum Gasteiger partial charge on any atom is 0.416 e. The number of nitrogens with zero attached hydrogens (tertiary/aromatic N) is 1. The fraction of sp³-hybridized carbons (Fsp3) is 0.429. The zero-order valence-electron chi connectivity index (χ0n) is 17.1. The Morgan fingerprint density at radius 3 is 2.23 bits per heavy atom. The predicted molar refractivity (Wildman–Crippen MR) is 103 cm³/mol. The molecule has 162 valence electrons. The number of hydrogen-bond donors (Lipinski definition) is 1. The van der Waals surface area contributed by atoms with E-state index in [0.29, 0.717) is 11.5 Å². The predicted octanol–water partition coefficient (Wildman–Crippen LogP) is 4.42. The number of morpholine rings is 1. The normalized spacial score (nSPS) is 19.6. The van der Waals surface area contributed by atoms with Gasteiger partial charge in [-0.25, -0.2) is 0 Å². The van der Waals surface area contributed by atoms with Gasteiger partial charge in [0.15, 0.2) is 0 Å². The van der Waals surface area contributed by atoms with Crippen LogP contribution in [-0.4, -0.2) is 42.0 Å². The maximum atomic E-state index is 13.4. The summed E-state index contributed by atoms with van der Waals surface area (Å²) in [7, 11) is 0. The number of rotatable bonds is 3. The van der Waals surface area contributed by atoms with Gasteiger partial charge in [-0.15, -0.1) is 0 Å². The molecule has 1 fully saturated rings. The Labute approximate surface area is 172 Å². The fourth-order valence-electron chi connectivity index (χ4n) is 3.57. The fourth-order valence-corrected chi connectivity index (χ4v) is 3.57. The van der Waals surface area contributed by atoms with E-state index in [9.17, 15) is 22.8 Å². The smallest absolute Gasteiger partial charge is 0.416 e. The molecular formula is C21H23F3N2O4. The summed E-state index contributed by atoms with van der Waals surface area (Å²) in [6.07, 6.45) is -5.13. The zero-order valence-corrected chi connectivity index (χ0v) is 17.1. The number of hydrogen-bond acceptors (Lipinski definition) is 4. The van der Waals surface area contributed by atoms with E-state index in [2.05, 4.69) is 5.32 Å². The number of furan rings is 1. The van der Waals surface area contributed by atoms with Crippen LogP contribution in [0.2, 0.25) is 0 Å². The lowest BCUT2D eigenvalue weighted by Gasteiger charge is -2.35. The van der Waals surface area contributed by atoms with Crippen molar-refractivity contribution in [2.45, 2.75) is 46.1 Å². The highest BCUT2D eigenvalue weighted by atomic mass is 19.4. The van der Waals surface area contributed by atoms with Crippen molar-refractivity contribution >= 4 is 17.5 Å². The third kappa shape index (κ3) is 4.84. The van der Waals surface area contributed by atoms with E-state index >= 15 is 0 Å². The molecule has 2 amide bonds. The van der Waals surface area contributed by atoms with Gasteiger partial charge in [0.2, 0.25) is 0 Å². The van der Waals surface area contributed by atoms with Crippen LogP contribution in [0.25, 0.3) is 0 Å². The van der Waals surface area contributed by atoms with Crippen LogP contribution in [-0.2, 0) is 10.9 Å². The second-order valence-electron chi connectivity index (χ2n) is 7.55. The topological polar surface area (TPSA) is 71.8 Å². The summed E-state index contributed by atoms with van der Waals surface area (Å²) in [5, 5.41) is 2.45. The summed E-state index contributed by atoms with van der Waals surface area (Å²) in [5.74, 6) is -0.303. The molecule has 0 unspecified atom stereocenters. The maximum absolute atomic E-state index is 13.4. The van der Waals surface area contributed by atoms with Crippen LogP contribution in [0, 0.1) is 13.8 Å². The highest BCUT2D eigenvalue weighted by Gasteiger charge is 2.33. The average molecular weight is 424 g/mol. The first-order valence-electron chi connectivity index (χ1n) is 9.49. The van der Waals surface area contributed by atoms with Gasteiger partial charge in [0.05, 0.1) is 23.3 Å². The molecule has 1 saturated heterocycles. The third-order valence-corrected chi connectivity index (χ3v) is 4.76. The SMILES string of the molecule is Cc1cc(C(=O)Nc2cc(C(=O)N3C[C@@H](C)O[C@@H](C)C3)cc(C(F)(F)F)c2)c(C)o1. The van der Waals surface area contributed by atoms with E-state index in [1.807, 2.05) is 0 Å². The van der Waals surface area contributed by atoms with E-state index in [1.165, 1.54) is 17.0 Å². The molecule has 0 radical (unpaired) electrons. The highest BCUT2D eigenvalue weighted by molar-refractivity contribution is 6.06. The van der Waals surface area contributed by atoms with Crippen molar-refractivity contribution in [1.29, 1.82) is 0 Å². The van der Waals surface area contributed by atoms with Gasteiger partial charge in [-0.3, -0.25) is 9.59 Å². The average Bonchev–Trinajstić information content (AvgIpc) is 2.97. The van der Waals surface area contributed by atoms with Crippen LogP contribution in [0.3, 0.4) is 0 Å². The lowest BCUT2D eigenvalue weighted by atomic mass is 10.1. The molecule has 1 aromatic carbocycles. The Bertz CT molecular complexity index is 958. The Kier molecular flexibility index (Phi) is 5.94. The summed E-state index contributed by atoms with van der Waals surface area (Å²) in [6, 6.07) is 4.36. The molecule has 0 bridgehead atoms. The summed E-state index contributed by atoms with van der Waals surface area (Å²) >= 11 is 0. The summed E-state index contributed by atoms with van der Waals surface area (Å²) in [4.78, 5) is 26.9. The van der Waals surface area contributed by atoms with Crippen LogP contribution >= 0.6 is 0 Å². The Morgan fingerprint density at radius 2 is 1.70 bits per heavy atom. The van der Waals surface area contributed by atoms with Gasteiger partial charge in [-0.05, 0) is 52.0 Å². The molecule has 2 aromatic rings. The van der Waals surface area contributed by atoms with Crippen molar-refractivity contribution in [3.05, 3.63) is 52.5 Å². The largest absolute Gasteiger partial charge is 0.466 e. The monoisotopic (exact) mass is 424 g/mol. The van der Waals surface area contributed by atoms with Gasteiger partial charge in [-0.2, -0.15) is 13.2 Å². The van der Waals surface area contributed by atoms with Crippen LogP contribution in [0.5, 0.6) is 0 Å². The molecule has 30 heavy (non-hydrogen) atoms. The quantitative estimate of drug-likeness (QED) is 0.792. The van der Waals surface area contributed by atoms with Gasteiger partial charge in [0.25, 0.3) is 11.8 Å². The molecule has 2 heterocycles. The number of amides is 2. The van der Waals surface area contributed by atoms with Crippen molar-refractivity contribution in [3.63, 3.8) is 0 Å². The number of nitrogens with one attached hydrogen (secondary N) is 1. The lowest BCUT2D eigenvalue weighted by Crippen LogP contribution is -2.48. The summed E-state index contributed by atoms with van der Waals surface area (Å²) < 4.78 is 51.2. The molecule has 1 aliphatic rings. The van der Waals surface area contributed by atoms with Crippen molar-refractivity contribution in [2.75, 3.05) is 18.4 Å². The van der Waals surface area contributed by atoms with Crippen molar-refractivity contribution in [3.8, 4) is 0 Å². The molecule has 1 aromatic heterocycles.